The lowest BCUT2D eigenvalue weighted by Crippen LogP contribution is -2.70. The van der Waals surface area contributed by atoms with Crippen LogP contribution in [0.3, 0.4) is 0 Å². The molecule has 0 radical (unpaired) electrons. The van der Waals surface area contributed by atoms with Crippen LogP contribution in [-0.4, -0.2) is 29.1 Å². The summed E-state index contributed by atoms with van der Waals surface area (Å²) in [5, 5.41) is 10.2. The van der Waals surface area contributed by atoms with Crippen LogP contribution in [-0.2, 0) is 19.2 Å². The molecular weight excluding hydrogens is 260 g/mol. The van der Waals surface area contributed by atoms with Crippen LogP contribution in [0.4, 0.5) is 0 Å². The maximum atomic E-state index is 10.2. The molecule has 1 spiro atoms. The van der Waals surface area contributed by atoms with Gasteiger partial charge >= 0.3 is 0 Å². The van der Waals surface area contributed by atoms with E-state index in [0.717, 1.165) is 19.3 Å². The summed E-state index contributed by atoms with van der Waals surface area (Å²) in [7, 11) is 0. The predicted molar refractivity (Wildman–Crippen MR) is 69.0 cm³/mol. The highest BCUT2D eigenvalue weighted by Crippen LogP contribution is 2.60. The molecule has 2 bridgehead atoms. The molecule has 0 aromatic carbocycles. The molecule has 0 amide bonds. The Kier molecular flexibility index (Phi) is 2.81. The molecule has 3 unspecified atom stereocenters. The van der Waals surface area contributed by atoms with E-state index in [9.17, 15) is 5.11 Å². The van der Waals surface area contributed by atoms with Crippen molar-refractivity contribution in [2.24, 2.45) is 23.7 Å². The largest absolute Gasteiger partial charge is 0.368 e. The number of aliphatic hydroxyl groups is 1. The Labute approximate surface area is 119 Å². The van der Waals surface area contributed by atoms with Crippen LogP contribution in [0, 0.1) is 23.7 Å². The zero-order chi connectivity index (χ0) is 14.1. The molecule has 5 heteroatoms. The minimum absolute atomic E-state index is 0.0379. The first-order chi connectivity index (χ1) is 9.46. The van der Waals surface area contributed by atoms with Gasteiger partial charge in [-0.05, 0) is 38.0 Å². The second-order valence-electron chi connectivity index (χ2n) is 7.30. The van der Waals surface area contributed by atoms with Crippen molar-refractivity contribution in [1.29, 1.82) is 0 Å². The molecule has 114 valence electrons. The third-order valence-electron chi connectivity index (χ3n) is 6.12. The normalized spacial score (nSPS) is 61.8. The number of fused-ring (bicyclic) bond motifs is 2. The summed E-state index contributed by atoms with van der Waals surface area (Å²) in [6, 6.07) is 0. The number of hydrogen-bond acceptors (Lipinski definition) is 5. The average Bonchev–Trinajstić information content (AvgIpc) is 2.63. The molecule has 1 saturated carbocycles. The fraction of sp³-hybridized carbons (Fsp3) is 1.00. The topological polar surface area (TPSA) is 57.2 Å². The third kappa shape index (κ3) is 1.56. The Morgan fingerprint density at radius 2 is 1.85 bits per heavy atom. The quantitative estimate of drug-likeness (QED) is 0.691. The van der Waals surface area contributed by atoms with Crippen molar-refractivity contribution in [2.75, 3.05) is 0 Å². The highest BCUT2D eigenvalue weighted by atomic mass is 17.3. The Bertz CT molecular complexity index is 411. The lowest BCUT2D eigenvalue weighted by atomic mass is 9.58. The number of aliphatic hydroxyl groups excluding tert-OH is 1. The van der Waals surface area contributed by atoms with Crippen molar-refractivity contribution in [3.8, 4) is 0 Å². The fourth-order valence-corrected chi connectivity index (χ4v) is 4.89. The van der Waals surface area contributed by atoms with E-state index in [1.807, 2.05) is 13.8 Å². The van der Waals surface area contributed by atoms with E-state index in [1.54, 1.807) is 0 Å². The highest BCUT2D eigenvalue weighted by molar-refractivity contribution is 5.08. The van der Waals surface area contributed by atoms with Gasteiger partial charge in [0.05, 0.1) is 0 Å². The van der Waals surface area contributed by atoms with Gasteiger partial charge in [-0.3, -0.25) is 0 Å². The Hall–Kier alpha value is -0.200. The van der Waals surface area contributed by atoms with Crippen molar-refractivity contribution >= 4 is 0 Å². The van der Waals surface area contributed by atoms with Gasteiger partial charge in [0.15, 0.2) is 18.2 Å². The molecule has 4 heterocycles. The smallest absolute Gasteiger partial charge is 0.201 e. The van der Waals surface area contributed by atoms with Crippen molar-refractivity contribution in [2.45, 2.75) is 70.4 Å². The minimum Gasteiger partial charge on any atom is -0.368 e. The van der Waals surface area contributed by atoms with Crippen molar-refractivity contribution < 1.29 is 24.4 Å². The molecule has 8 atom stereocenters. The number of hydrogen-bond donors (Lipinski definition) is 1. The molecule has 4 aliphatic heterocycles. The molecule has 0 aromatic heterocycles. The summed E-state index contributed by atoms with van der Waals surface area (Å²) in [4.78, 5) is 11.6. The minimum atomic E-state index is -0.781. The second-order valence-corrected chi connectivity index (χ2v) is 7.30. The number of ether oxygens (including phenoxy) is 2. The van der Waals surface area contributed by atoms with Crippen molar-refractivity contribution in [3.63, 3.8) is 0 Å². The lowest BCUT2D eigenvalue weighted by Gasteiger charge is -2.59. The van der Waals surface area contributed by atoms with Crippen LogP contribution in [0.5, 0.6) is 0 Å². The first kappa shape index (κ1) is 13.5. The highest BCUT2D eigenvalue weighted by Gasteiger charge is 2.69. The molecule has 1 N–H and O–H groups in total. The monoisotopic (exact) mass is 284 g/mol. The van der Waals surface area contributed by atoms with Crippen LogP contribution < -0.4 is 0 Å². The van der Waals surface area contributed by atoms with Crippen LogP contribution in [0.15, 0.2) is 0 Å². The van der Waals surface area contributed by atoms with Gasteiger partial charge in [-0.25, -0.2) is 9.78 Å². The Morgan fingerprint density at radius 3 is 2.65 bits per heavy atom. The molecule has 20 heavy (non-hydrogen) atoms. The van der Waals surface area contributed by atoms with Crippen LogP contribution in [0.25, 0.3) is 0 Å². The van der Waals surface area contributed by atoms with E-state index in [0.29, 0.717) is 11.8 Å². The van der Waals surface area contributed by atoms with Gasteiger partial charge in [0.1, 0.15) is 0 Å². The summed E-state index contributed by atoms with van der Waals surface area (Å²) in [6.45, 7) is 6.22. The van der Waals surface area contributed by atoms with Crippen LogP contribution >= 0.6 is 0 Å². The molecule has 1 aliphatic carbocycles. The van der Waals surface area contributed by atoms with E-state index in [-0.39, 0.29) is 11.8 Å². The van der Waals surface area contributed by atoms with Gasteiger partial charge in [-0.1, -0.05) is 13.8 Å². The zero-order valence-electron chi connectivity index (χ0n) is 12.4. The first-order valence-electron chi connectivity index (χ1n) is 7.84. The van der Waals surface area contributed by atoms with Gasteiger partial charge in [0.25, 0.3) is 0 Å². The molecule has 5 rings (SSSR count). The molecule has 5 fully saturated rings. The Balaban J connectivity index is 1.82. The van der Waals surface area contributed by atoms with Crippen LogP contribution in [0.2, 0.25) is 0 Å². The third-order valence-corrected chi connectivity index (χ3v) is 6.12. The molecule has 5 aliphatic rings. The summed E-state index contributed by atoms with van der Waals surface area (Å²) in [5.74, 6) is 0.437. The van der Waals surface area contributed by atoms with Crippen molar-refractivity contribution in [1.82, 2.24) is 0 Å². The van der Waals surface area contributed by atoms with Crippen molar-refractivity contribution in [3.05, 3.63) is 0 Å². The molecular formula is C15H24O5. The molecule has 4 saturated heterocycles. The molecule has 0 aromatic rings. The second kappa shape index (κ2) is 4.17. The van der Waals surface area contributed by atoms with E-state index in [1.165, 1.54) is 6.42 Å². The first-order valence-corrected chi connectivity index (χ1v) is 7.84. The predicted octanol–water partition coefficient (Wildman–Crippen LogP) is 2.19. The van der Waals surface area contributed by atoms with Gasteiger partial charge in [0.2, 0.25) is 5.79 Å². The molecule has 5 nitrogen and oxygen atoms in total. The van der Waals surface area contributed by atoms with E-state index < -0.39 is 24.0 Å². The van der Waals surface area contributed by atoms with Gasteiger partial charge in [-0.15, -0.1) is 0 Å². The summed E-state index contributed by atoms with van der Waals surface area (Å²) < 4.78 is 11.9. The standard InChI is InChI=1S/C15H24O5/c1-8-4-5-11-9(2)12(16)17-13-15(11)10(8)6-7-14(3,18-13)19-20-15/h8-13,16H,4-7H2,1-3H3/t8-,9-,10+,11?,12?,13-,14-,15?/m1/s1. The zero-order valence-corrected chi connectivity index (χ0v) is 12.4. The summed E-state index contributed by atoms with van der Waals surface area (Å²) in [5.41, 5.74) is -0.549. The van der Waals surface area contributed by atoms with E-state index in [2.05, 4.69) is 6.92 Å². The lowest BCUT2D eigenvalue weighted by molar-refractivity contribution is -0.576. The van der Waals surface area contributed by atoms with Crippen LogP contribution in [0.1, 0.15) is 46.5 Å². The number of rotatable bonds is 0. The van der Waals surface area contributed by atoms with Gasteiger partial charge < -0.3 is 14.6 Å². The van der Waals surface area contributed by atoms with Gasteiger partial charge in [0, 0.05) is 18.3 Å². The Morgan fingerprint density at radius 1 is 1.05 bits per heavy atom. The van der Waals surface area contributed by atoms with E-state index >= 15 is 0 Å². The van der Waals surface area contributed by atoms with E-state index in [4.69, 9.17) is 19.2 Å². The fourth-order valence-electron chi connectivity index (χ4n) is 4.89. The SMILES string of the molecule is C[C@H]1C(O)O[C@@H]2O[C@@]3(C)CC[C@H]4[C@H](C)CCC1C24OO3. The maximum absolute atomic E-state index is 10.2. The summed E-state index contributed by atoms with van der Waals surface area (Å²) >= 11 is 0. The summed E-state index contributed by atoms with van der Waals surface area (Å²) in [6.07, 6.45) is 2.72. The maximum Gasteiger partial charge on any atom is 0.201 e. The average molecular weight is 284 g/mol. The van der Waals surface area contributed by atoms with Gasteiger partial charge in [-0.2, -0.15) is 0 Å².